The van der Waals surface area contributed by atoms with Crippen LogP contribution in [0.4, 0.5) is 4.79 Å². The standard InChI is InChI=1S/C17H26N2O3/c1-17(2,3)22-16(21)18-19-10-8-13(9-11-19)15-7-5-4-6-14(15)12-20/h4-7,13,20H,8-12H2,1-3H3,(H,18,21). The Bertz CT molecular complexity index is 503. The van der Waals surface area contributed by atoms with Crippen molar-refractivity contribution < 1.29 is 14.6 Å². The lowest BCUT2D eigenvalue weighted by atomic mass is 9.87. The average Bonchev–Trinajstić information content (AvgIpc) is 2.46. The molecule has 1 aromatic rings. The summed E-state index contributed by atoms with van der Waals surface area (Å²) in [6, 6.07) is 8.03. The van der Waals surface area contributed by atoms with E-state index in [9.17, 15) is 9.90 Å². The number of ether oxygens (including phenoxy) is 1. The molecule has 2 rings (SSSR count). The third kappa shape index (κ3) is 4.71. The van der Waals surface area contributed by atoms with Crippen LogP contribution in [-0.4, -0.2) is 34.9 Å². The molecule has 5 nitrogen and oxygen atoms in total. The van der Waals surface area contributed by atoms with Crippen LogP contribution in [0.3, 0.4) is 0 Å². The Morgan fingerprint density at radius 2 is 1.95 bits per heavy atom. The lowest BCUT2D eigenvalue weighted by molar-refractivity contribution is 0.0286. The maximum absolute atomic E-state index is 11.8. The molecule has 122 valence electrons. The van der Waals surface area contributed by atoms with E-state index in [1.54, 1.807) is 0 Å². The van der Waals surface area contributed by atoms with Crippen LogP contribution in [0.15, 0.2) is 24.3 Å². The third-order valence-corrected chi connectivity index (χ3v) is 3.81. The van der Waals surface area contributed by atoms with Gasteiger partial charge in [0, 0.05) is 13.1 Å². The predicted octanol–water partition coefficient (Wildman–Crippen LogP) is 2.80. The summed E-state index contributed by atoms with van der Waals surface area (Å²) in [5.41, 5.74) is 4.54. The van der Waals surface area contributed by atoms with Crippen molar-refractivity contribution in [2.75, 3.05) is 13.1 Å². The summed E-state index contributed by atoms with van der Waals surface area (Å²) < 4.78 is 5.26. The topological polar surface area (TPSA) is 61.8 Å². The number of hydrogen-bond acceptors (Lipinski definition) is 4. The first-order valence-corrected chi connectivity index (χ1v) is 7.82. The molecule has 0 aliphatic carbocycles. The minimum absolute atomic E-state index is 0.0759. The van der Waals surface area contributed by atoms with E-state index in [0.29, 0.717) is 5.92 Å². The number of nitrogens with zero attached hydrogens (tertiary/aromatic N) is 1. The summed E-state index contributed by atoms with van der Waals surface area (Å²) in [4.78, 5) is 11.8. The van der Waals surface area contributed by atoms with Crippen molar-refractivity contribution in [1.29, 1.82) is 0 Å². The third-order valence-electron chi connectivity index (χ3n) is 3.81. The fourth-order valence-corrected chi connectivity index (χ4v) is 2.81. The molecule has 1 saturated heterocycles. The van der Waals surface area contributed by atoms with E-state index < -0.39 is 11.7 Å². The van der Waals surface area contributed by atoms with Gasteiger partial charge in [0.25, 0.3) is 0 Å². The summed E-state index contributed by atoms with van der Waals surface area (Å²) in [6.07, 6.45) is 1.50. The highest BCUT2D eigenvalue weighted by molar-refractivity contribution is 5.67. The molecule has 5 heteroatoms. The quantitative estimate of drug-likeness (QED) is 0.901. The van der Waals surface area contributed by atoms with E-state index in [-0.39, 0.29) is 6.61 Å². The first-order valence-electron chi connectivity index (χ1n) is 7.82. The molecule has 1 heterocycles. The number of carbonyl (C=O) groups is 1. The Morgan fingerprint density at radius 1 is 1.32 bits per heavy atom. The van der Waals surface area contributed by atoms with E-state index >= 15 is 0 Å². The summed E-state index contributed by atoms with van der Waals surface area (Å²) in [6.45, 7) is 7.19. The SMILES string of the molecule is CC(C)(C)OC(=O)NN1CCC(c2ccccc2CO)CC1. The Kier molecular flexibility index (Phi) is 5.42. The summed E-state index contributed by atoms with van der Waals surface area (Å²) in [7, 11) is 0. The van der Waals surface area contributed by atoms with Crippen LogP contribution in [-0.2, 0) is 11.3 Å². The molecule has 0 aromatic heterocycles. The summed E-state index contributed by atoms with van der Waals surface area (Å²) in [5, 5.41) is 11.4. The van der Waals surface area contributed by atoms with Crippen molar-refractivity contribution >= 4 is 6.09 Å². The van der Waals surface area contributed by atoms with Crippen molar-refractivity contribution in [3.8, 4) is 0 Å². The number of nitrogens with one attached hydrogen (secondary N) is 1. The number of benzene rings is 1. The fraction of sp³-hybridized carbons (Fsp3) is 0.588. The van der Waals surface area contributed by atoms with Crippen LogP contribution in [0.25, 0.3) is 0 Å². The van der Waals surface area contributed by atoms with Gasteiger partial charge in [-0.3, -0.25) is 5.43 Å². The molecule has 1 aliphatic heterocycles. The van der Waals surface area contributed by atoms with Crippen LogP contribution in [0.5, 0.6) is 0 Å². The summed E-state index contributed by atoms with van der Waals surface area (Å²) in [5.74, 6) is 0.431. The van der Waals surface area contributed by atoms with Crippen molar-refractivity contribution in [2.45, 2.75) is 51.7 Å². The largest absolute Gasteiger partial charge is 0.443 e. The zero-order valence-corrected chi connectivity index (χ0v) is 13.6. The average molecular weight is 306 g/mol. The van der Waals surface area contributed by atoms with Gasteiger partial charge in [0.15, 0.2) is 0 Å². The van der Waals surface area contributed by atoms with Crippen LogP contribution >= 0.6 is 0 Å². The lowest BCUT2D eigenvalue weighted by Crippen LogP contribution is -2.48. The van der Waals surface area contributed by atoms with Gasteiger partial charge in [0.2, 0.25) is 0 Å². The molecule has 1 fully saturated rings. The Balaban J connectivity index is 1.87. The molecule has 0 bridgehead atoms. The second-order valence-corrected chi connectivity index (χ2v) is 6.73. The van der Waals surface area contributed by atoms with E-state index in [0.717, 1.165) is 31.5 Å². The highest BCUT2D eigenvalue weighted by atomic mass is 16.6. The number of piperidine rings is 1. The van der Waals surface area contributed by atoms with Gasteiger partial charge in [0.1, 0.15) is 5.60 Å². The zero-order chi connectivity index (χ0) is 16.2. The maximum atomic E-state index is 11.8. The molecule has 0 radical (unpaired) electrons. The minimum Gasteiger partial charge on any atom is -0.443 e. The Morgan fingerprint density at radius 3 is 2.55 bits per heavy atom. The first-order chi connectivity index (χ1) is 10.4. The highest BCUT2D eigenvalue weighted by Gasteiger charge is 2.24. The van der Waals surface area contributed by atoms with Crippen molar-refractivity contribution in [1.82, 2.24) is 10.4 Å². The van der Waals surface area contributed by atoms with E-state index in [4.69, 9.17) is 4.74 Å². The number of aliphatic hydroxyl groups is 1. The van der Waals surface area contributed by atoms with Crippen molar-refractivity contribution in [2.24, 2.45) is 0 Å². The number of amides is 1. The molecular formula is C17H26N2O3. The van der Waals surface area contributed by atoms with E-state index in [1.807, 2.05) is 44.0 Å². The van der Waals surface area contributed by atoms with Crippen LogP contribution in [0, 0.1) is 0 Å². The number of hydrazine groups is 1. The fourth-order valence-electron chi connectivity index (χ4n) is 2.81. The lowest BCUT2D eigenvalue weighted by Gasteiger charge is -2.33. The van der Waals surface area contributed by atoms with Gasteiger partial charge in [-0.05, 0) is 50.7 Å². The second-order valence-electron chi connectivity index (χ2n) is 6.73. The molecule has 0 saturated carbocycles. The van der Waals surface area contributed by atoms with Gasteiger partial charge in [-0.2, -0.15) is 0 Å². The first kappa shape index (κ1) is 16.8. The Hall–Kier alpha value is -1.59. The van der Waals surface area contributed by atoms with Gasteiger partial charge in [-0.15, -0.1) is 0 Å². The van der Waals surface area contributed by atoms with Gasteiger partial charge < -0.3 is 9.84 Å². The van der Waals surface area contributed by atoms with E-state index in [1.165, 1.54) is 5.56 Å². The highest BCUT2D eigenvalue weighted by Crippen LogP contribution is 2.29. The second kappa shape index (κ2) is 7.11. The number of rotatable bonds is 3. The molecule has 1 amide bonds. The van der Waals surface area contributed by atoms with Gasteiger partial charge >= 0.3 is 6.09 Å². The van der Waals surface area contributed by atoms with Crippen molar-refractivity contribution in [3.05, 3.63) is 35.4 Å². The molecule has 1 aliphatic rings. The normalized spacial score (nSPS) is 17.3. The molecule has 1 aromatic carbocycles. The monoisotopic (exact) mass is 306 g/mol. The number of aliphatic hydroxyl groups excluding tert-OH is 1. The smallest absolute Gasteiger partial charge is 0.422 e. The number of hydrogen-bond donors (Lipinski definition) is 2. The molecule has 0 unspecified atom stereocenters. The zero-order valence-electron chi connectivity index (χ0n) is 13.6. The Labute approximate surface area is 132 Å². The van der Waals surface area contributed by atoms with Gasteiger partial charge in [-0.25, -0.2) is 9.80 Å². The van der Waals surface area contributed by atoms with Gasteiger partial charge in [-0.1, -0.05) is 24.3 Å². The summed E-state index contributed by atoms with van der Waals surface area (Å²) >= 11 is 0. The molecule has 22 heavy (non-hydrogen) atoms. The van der Waals surface area contributed by atoms with E-state index in [2.05, 4.69) is 11.5 Å². The number of carbonyl (C=O) groups excluding carboxylic acids is 1. The van der Waals surface area contributed by atoms with Crippen molar-refractivity contribution in [3.63, 3.8) is 0 Å². The minimum atomic E-state index is -0.484. The molecule has 0 spiro atoms. The maximum Gasteiger partial charge on any atom is 0.422 e. The van der Waals surface area contributed by atoms with Crippen LogP contribution < -0.4 is 5.43 Å². The molecular weight excluding hydrogens is 280 g/mol. The predicted molar refractivity (Wildman–Crippen MR) is 85.3 cm³/mol. The van der Waals surface area contributed by atoms with Crippen LogP contribution in [0.2, 0.25) is 0 Å². The molecule has 0 atom stereocenters. The van der Waals surface area contributed by atoms with Gasteiger partial charge in [0.05, 0.1) is 6.61 Å². The van der Waals surface area contributed by atoms with Crippen LogP contribution in [0.1, 0.15) is 50.7 Å². The molecule has 2 N–H and O–H groups in total.